The fourth-order valence-corrected chi connectivity index (χ4v) is 3.36. The number of rotatable bonds is 9. The highest BCUT2D eigenvalue weighted by Crippen LogP contribution is 2.21. The van der Waals surface area contributed by atoms with Crippen LogP contribution in [-0.4, -0.2) is 26.4 Å². The van der Waals surface area contributed by atoms with Gasteiger partial charge in [-0.1, -0.05) is 60.3 Å². The second kappa shape index (κ2) is 9.23. The molecule has 1 amide bonds. The Morgan fingerprint density at radius 3 is 2.59 bits per heavy atom. The molecule has 6 nitrogen and oxygen atoms in total. The largest absolute Gasteiger partial charge is 0.485 e. The van der Waals surface area contributed by atoms with E-state index in [1.54, 1.807) is 0 Å². The number of hydrogen-bond donors (Lipinski definition) is 1. The molecule has 0 saturated carbocycles. The minimum Gasteiger partial charge on any atom is -0.485 e. The fourth-order valence-electron chi connectivity index (χ4n) is 2.64. The zero-order chi connectivity index (χ0) is 19.1. The number of para-hydroxylation sites is 1. The van der Waals surface area contributed by atoms with E-state index in [2.05, 4.69) is 22.3 Å². The molecule has 1 heterocycles. The number of carbonyl (C=O) groups is 1. The Morgan fingerprint density at radius 2 is 1.85 bits per heavy atom. The molecule has 0 bridgehead atoms. The molecule has 0 radical (unpaired) electrons. The molecule has 0 saturated heterocycles. The lowest BCUT2D eigenvalue weighted by Gasteiger charge is -2.12. The summed E-state index contributed by atoms with van der Waals surface area (Å²) < 4.78 is 7.93. The summed E-state index contributed by atoms with van der Waals surface area (Å²) in [5, 5.41) is 9.16. The molecule has 0 aliphatic rings. The van der Waals surface area contributed by atoms with Gasteiger partial charge in [0.1, 0.15) is 12.4 Å². The molecular weight excluding hydrogens is 360 g/mol. The predicted octanol–water partition coefficient (Wildman–Crippen LogP) is 2.99. The monoisotopic (exact) mass is 382 g/mol. The van der Waals surface area contributed by atoms with E-state index in [0.29, 0.717) is 18.3 Å². The molecule has 27 heavy (non-hydrogen) atoms. The summed E-state index contributed by atoms with van der Waals surface area (Å²) in [7, 11) is 0. The van der Waals surface area contributed by atoms with Crippen molar-refractivity contribution < 1.29 is 9.53 Å². The van der Waals surface area contributed by atoms with Gasteiger partial charge in [0.25, 0.3) is 0 Å². The number of carbonyl (C=O) groups excluding carboxylic acids is 1. The molecule has 3 aromatic rings. The average Bonchev–Trinajstić information content (AvgIpc) is 3.06. The Balaban J connectivity index is 1.75. The standard InChI is InChI=1S/C20H22N4O2S/c1-15-7-5-6-10-17(15)26-13-19-22-23-20(27-14-18(21)25)24(19)12-11-16-8-3-2-4-9-16/h2-10H,11-14H2,1H3,(H2,21,25). The summed E-state index contributed by atoms with van der Waals surface area (Å²) in [5.74, 6) is 1.33. The van der Waals surface area contributed by atoms with Crippen molar-refractivity contribution in [3.05, 3.63) is 71.5 Å². The molecular formula is C20H22N4O2S. The molecule has 3 rings (SSSR count). The first-order valence-electron chi connectivity index (χ1n) is 8.69. The van der Waals surface area contributed by atoms with Gasteiger partial charge >= 0.3 is 0 Å². The van der Waals surface area contributed by atoms with Crippen molar-refractivity contribution in [1.29, 1.82) is 0 Å². The van der Waals surface area contributed by atoms with Crippen LogP contribution in [0.4, 0.5) is 0 Å². The first kappa shape index (κ1) is 19.0. The van der Waals surface area contributed by atoms with Crippen molar-refractivity contribution in [2.24, 2.45) is 5.73 Å². The van der Waals surface area contributed by atoms with Gasteiger partial charge in [-0.25, -0.2) is 0 Å². The Morgan fingerprint density at radius 1 is 1.11 bits per heavy atom. The Labute approximate surface area is 162 Å². The highest BCUT2D eigenvalue weighted by Gasteiger charge is 2.14. The van der Waals surface area contributed by atoms with Crippen LogP contribution in [0, 0.1) is 6.92 Å². The molecule has 0 aliphatic carbocycles. The molecule has 0 atom stereocenters. The molecule has 2 aromatic carbocycles. The quantitative estimate of drug-likeness (QED) is 0.575. The number of primary amides is 1. The minimum absolute atomic E-state index is 0.169. The summed E-state index contributed by atoms with van der Waals surface area (Å²) in [5.41, 5.74) is 7.56. The maximum absolute atomic E-state index is 11.1. The zero-order valence-electron chi connectivity index (χ0n) is 15.2. The van der Waals surface area contributed by atoms with E-state index in [1.165, 1.54) is 17.3 Å². The van der Waals surface area contributed by atoms with Crippen molar-refractivity contribution in [2.45, 2.75) is 31.7 Å². The van der Waals surface area contributed by atoms with E-state index in [4.69, 9.17) is 10.5 Å². The predicted molar refractivity (Wildman–Crippen MR) is 106 cm³/mol. The van der Waals surface area contributed by atoms with Crippen molar-refractivity contribution in [2.75, 3.05) is 5.75 Å². The second-order valence-corrected chi connectivity index (χ2v) is 7.04. The van der Waals surface area contributed by atoms with Crippen LogP contribution >= 0.6 is 11.8 Å². The lowest BCUT2D eigenvalue weighted by Crippen LogP contribution is -2.15. The molecule has 140 valence electrons. The number of benzene rings is 2. The Kier molecular flexibility index (Phi) is 6.49. The topological polar surface area (TPSA) is 83.0 Å². The van der Waals surface area contributed by atoms with Crippen LogP contribution in [0.25, 0.3) is 0 Å². The van der Waals surface area contributed by atoms with Crippen molar-refractivity contribution in [1.82, 2.24) is 14.8 Å². The molecule has 1 aromatic heterocycles. The normalized spacial score (nSPS) is 10.7. The van der Waals surface area contributed by atoms with Gasteiger partial charge in [-0.15, -0.1) is 10.2 Å². The summed E-state index contributed by atoms with van der Waals surface area (Å²) in [6.45, 7) is 3.01. The van der Waals surface area contributed by atoms with Crippen LogP contribution in [0.5, 0.6) is 5.75 Å². The minimum atomic E-state index is -0.379. The van der Waals surface area contributed by atoms with Crippen LogP contribution in [0.1, 0.15) is 17.0 Å². The van der Waals surface area contributed by atoms with Crippen LogP contribution in [-0.2, 0) is 24.4 Å². The van der Waals surface area contributed by atoms with Gasteiger partial charge in [-0.3, -0.25) is 4.79 Å². The molecule has 0 spiro atoms. The van der Waals surface area contributed by atoms with Gasteiger partial charge in [0.15, 0.2) is 11.0 Å². The van der Waals surface area contributed by atoms with E-state index in [0.717, 1.165) is 23.6 Å². The summed E-state index contributed by atoms with van der Waals surface area (Å²) >= 11 is 1.30. The molecule has 0 fully saturated rings. The van der Waals surface area contributed by atoms with Gasteiger partial charge < -0.3 is 15.0 Å². The van der Waals surface area contributed by atoms with Crippen LogP contribution < -0.4 is 10.5 Å². The van der Waals surface area contributed by atoms with Gasteiger partial charge in [-0.05, 0) is 30.5 Å². The van der Waals surface area contributed by atoms with Gasteiger partial charge in [0.05, 0.1) is 5.75 Å². The van der Waals surface area contributed by atoms with Gasteiger partial charge in [-0.2, -0.15) is 0 Å². The number of amides is 1. The molecule has 0 aliphatic heterocycles. The number of aromatic nitrogens is 3. The van der Waals surface area contributed by atoms with Gasteiger partial charge in [0.2, 0.25) is 5.91 Å². The number of aryl methyl sites for hydroxylation is 2. The maximum Gasteiger partial charge on any atom is 0.227 e. The third-order valence-corrected chi connectivity index (χ3v) is 5.04. The number of hydrogen-bond acceptors (Lipinski definition) is 5. The Hall–Kier alpha value is -2.80. The number of ether oxygens (including phenoxy) is 1. The number of nitrogens with two attached hydrogens (primary N) is 1. The van der Waals surface area contributed by atoms with Crippen molar-refractivity contribution in [3.63, 3.8) is 0 Å². The SMILES string of the molecule is Cc1ccccc1OCc1nnc(SCC(N)=O)n1CCc1ccccc1. The first-order chi connectivity index (χ1) is 13.1. The smallest absolute Gasteiger partial charge is 0.227 e. The molecule has 0 unspecified atom stereocenters. The van der Waals surface area contributed by atoms with E-state index >= 15 is 0 Å². The lowest BCUT2D eigenvalue weighted by molar-refractivity contribution is -0.115. The third kappa shape index (κ3) is 5.34. The van der Waals surface area contributed by atoms with Gasteiger partial charge in [0, 0.05) is 6.54 Å². The Bertz CT molecular complexity index is 896. The molecule has 7 heteroatoms. The number of nitrogens with zero attached hydrogens (tertiary/aromatic N) is 3. The van der Waals surface area contributed by atoms with E-state index in [9.17, 15) is 4.79 Å². The number of thioether (sulfide) groups is 1. The summed E-state index contributed by atoms with van der Waals surface area (Å²) in [4.78, 5) is 11.1. The maximum atomic E-state index is 11.1. The lowest BCUT2D eigenvalue weighted by atomic mass is 10.1. The third-order valence-electron chi connectivity index (χ3n) is 4.05. The van der Waals surface area contributed by atoms with Crippen molar-refractivity contribution in [3.8, 4) is 5.75 Å². The van der Waals surface area contributed by atoms with E-state index in [-0.39, 0.29) is 11.7 Å². The van der Waals surface area contributed by atoms with Crippen molar-refractivity contribution >= 4 is 17.7 Å². The zero-order valence-corrected chi connectivity index (χ0v) is 16.0. The average molecular weight is 382 g/mol. The highest BCUT2D eigenvalue weighted by atomic mass is 32.2. The summed E-state index contributed by atoms with van der Waals surface area (Å²) in [6.07, 6.45) is 0.834. The highest BCUT2D eigenvalue weighted by molar-refractivity contribution is 7.99. The summed E-state index contributed by atoms with van der Waals surface area (Å²) in [6, 6.07) is 18.1. The van der Waals surface area contributed by atoms with Crippen LogP contribution in [0.3, 0.4) is 0 Å². The van der Waals surface area contributed by atoms with E-state index in [1.807, 2.05) is 54.0 Å². The fraction of sp³-hybridized carbons (Fsp3) is 0.250. The second-order valence-electron chi connectivity index (χ2n) is 6.10. The first-order valence-corrected chi connectivity index (χ1v) is 9.67. The van der Waals surface area contributed by atoms with Crippen LogP contribution in [0.2, 0.25) is 0 Å². The molecule has 2 N–H and O–H groups in total. The van der Waals surface area contributed by atoms with E-state index < -0.39 is 0 Å². The van der Waals surface area contributed by atoms with Crippen LogP contribution in [0.15, 0.2) is 59.8 Å².